The van der Waals surface area contributed by atoms with E-state index in [2.05, 4.69) is 34.7 Å². The first-order valence-electron chi connectivity index (χ1n) is 8.33. The highest BCUT2D eigenvalue weighted by Crippen LogP contribution is 2.14. The molecule has 0 aromatic carbocycles. The van der Waals surface area contributed by atoms with Crippen molar-refractivity contribution in [3.8, 4) is 0 Å². The summed E-state index contributed by atoms with van der Waals surface area (Å²) in [6, 6.07) is 4.75. The van der Waals surface area contributed by atoms with Crippen molar-refractivity contribution in [2.75, 3.05) is 19.6 Å². The first-order valence-corrected chi connectivity index (χ1v) is 9.21. The molecule has 1 N–H and O–H groups in total. The Bertz CT molecular complexity index is 399. The highest BCUT2D eigenvalue weighted by Gasteiger charge is 2.19. The van der Waals surface area contributed by atoms with Crippen molar-refractivity contribution in [1.82, 2.24) is 10.2 Å². The first kappa shape index (κ1) is 16.5. The Labute approximate surface area is 132 Å². The predicted molar refractivity (Wildman–Crippen MR) is 89.8 cm³/mol. The summed E-state index contributed by atoms with van der Waals surface area (Å²) in [6.07, 6.45) is 7.52. The molecule has 118 valence electrons. The first-order chi connectivity index (χ1) is 10.3. The quantitative estimate of drug-likeness (QED) is 0.798. The van der Waals surface area contributed by atoms with Gasteiger partial charge in [-0.15, -0.1) is 11.3 Å². The second-order valence-electron chi connectivity index (χ2n) is 5.92. The smallest absolute Gasteiger partial charge is 0.222 e. The summed E-state index contributed by atoms with van der Waals surface area (Å²) in [5, 5.41) is 5.66. The highest BCUT2D eigenvalue weighted by atomic mass is 32.1. The van der Waals surface area contributed by atoms with Gasteiger partial charge in [0.05, 0.1) is 0 Å². The molecule has 0 radical (unpaired) electrons. The number of rotatable bonds is 8. The lowest BCUT2D eigenvalue weighted by molar-refractivity contribution is -0.131. The van der Waals surface area contributed by atoms with E-state index in [1.807, 2.05) is 0 Å². The Morgan fingerprint density at radius 3 is 3.05 bits per heavy atom. The van der Waals surface area contributed by atoms with Gasteiger partial charge >= 0.3 is 0 Å². The lowest BCUT2D eigenvalue weighted by Gasteiger charge is -2.30. The summed E-state index contributed by atoms with van der Waals surface area (Å²) in [7, 11) is 0. The zero-order valence-corrected chi connectivity index (χ0v) is 14.0. The Hall–Kier alpha value is -0.870. The molecule has 21 heavy (non-hydrogen) atoms. The molecule has 3 nitrogen and oxygen atoms in total. The van der Waals surface area contributed by atoms with Gasteiger partial charge in [-0.2, -0.15) is 0 Å². The van der Waals surface area contributed by atoms with Crippen molar-refractivity contribution in [2.24, 2.45) is 0 Å². The average Bonchev–Trinajstić information content (AvgIpc) is 3.01. The van der Waals surface area contributed by atoms with Crippen molar-refractivity contribution in [3.63, 3.8) is 0 Å². The summed E-state index contributed by atoms with van der Waals surface area (Å²) in [4.78, 5) is 15.9. The molecule has 1 aromatic rings. The van der Waals surface area contributed by atoms with Crippen molar-refractivity contribution in [3.05, 3.63) is 22.4 Å². The predicted octanol–water partition coefficient (Wildman–Crippen LogP) is 3.45. The molecule has 0 saturated carbocycles. The Morgan fingerprint density at radius 2 is 2.38 bits per heavy atom. The molecule has 0 aliphatic carbocycles. The van der Waals surface area contributed by atoms with Crippen LogP contribution < -0.4 is 5.32 Å². The van der Waals surface area contributed by atoms with E-state index >= 15 is 0 Å². The van der Waals surface area contributed by atoms with Gasteiger partial charge in [-0.25, -0.2) is 0 Å². The van der Waals surface area contributed by atoms with Crippen LogP contribution in [0.4, 0.5) is 0 Å². The zero-order chi connectivity index (χ0) is 14.9. The molecule has 1 unspecified atom stereocenters. The topological polar surface area (TPSA) is 32.3 Å². The number of hydrogen-bond donors (Lipinski definition) is 1. The molecule has 1 amide bonds. The number of carbonyl (C=O) groups is 1. The van der Waals surface area contributed by atoms with Gasteiger partial charge in [-0.05, 0) is 50.1 Å². The van der Waals surface area contributed by atoms with Crippen LogP contribution >= 0.6 is 11.3 Å². The van der Waals surface area contributed by atoms with E-state index in [1.54, 1.807) is 11.3 Å². The van der Waals surface area contributed by atoms with Crippen LogP contribution in [-0.2, 0) is 11.2 Å². The normalized spacial score (nSPS) is 18.6. The van der Waals surface area contributed by atoms with Gasteiger partial charge < -0.3 is 10.2 Å². The number of piperidine rings is 1. The maximum Gasteiger partial charge on any atom is 0.222 e. The van der Waals surface area contributed by atoms with E-state index in [0.29, 0.717) is 18.4 Å². The van der Waals surface area contributed by atoms with E-state index in [9.17, 15) is 4.79 Å². The summed E-state index contributed by atoms with van der Waals surface area (Å²) in [5.74, 6) is 0.334. The fraction of sp³-hybridized carbons (Fsp3) is 0.706. The minimum atomic E-state index is 0.334. The SMILES string of the molecule is CCCN(CC1CCCCN1)C(=O)CCCc1cccs1. The standard InChI is InChI=1S/C17H28N2OS/c1-2-12-19(14-15-7-3-4-11-18-15)17(20)10-5-8-16-9-6-13-21-16/h6,9,13,15,18H,2-5,7-8,10-12,14H2,1H3. The van der Waals surface area contributed by atoms with Crippen LogP contribution in [0.15, 0.2) is 17.5 Å². The van der Waals surface area contributed by atoms with E-state index in [4.69, 9.17) is 0 Å². The summed E-state index contributed by atoms with van der Waals surface area (Å²) in [5.41, 5.74) is 0. The van der Waals surface area contributed by atoms with E-state index in [-0.39, 0.29) is 0 Å². The van der Waals surface area contributed by atoms with Crippen molar-refractivity contribution < 1.29 is 4.79 Å². The second kappa shape index (κ2) is 9.21. The molecule has 4 heteroatoms. The maximum absolute atomic E-state index is 12.4. The fourth-order valence-corrected chi connectivity index (χ4v) is 3.71. The number of thiophene rings is 1. The average molecular weight is 308 g/mol. The summed E-state index contributed by atoms with van der Waals surface area (Å²) < 4.78 is 0. The van der Waals surface area contributed by atoms with Crippen molar-refractivity contribution >= 4 is 17.2 Å². The van der Waals surface area contributed by atoms with Crippen LogP contribution in [0, 0.1) is 0 Å². The van der Waals surface area contributed by atoms with Crippen LogP contribution in [0.2, 0.25) is 0 Å². The molecular formula is C17H28N2OS. The van der Waals surface area contributed by atoms with Gasteiger partial charge in [-0.1, -0.05) is 19.4 Å². The second-order valence-corrected chi connectivity index (χ2v) is 6.95. The number of nitrogens with one attached hydrogen (secondary N) is 1. The zero-order valence-electron chi connectivity index (χ0n) is 13.1. The molecule has 1 saturated heterocycles. The fourth-order valence-electron chi connectivity index (χ4n) is 2.96. The van der Waals surface area contributed by atoms with Gasteiger partial charge in [0.2, 0.25) is 5.91 Å². The molecule has 1 aliphatic rings. The van der Waals surface area contributed by atoms with Crippen LogP contribution in [0.5, 0.6) is 0 Å². The molecule has 1 aliphatic heterocycles. The van der Waals surface area contributed by atoms with Crippen LogP contribution in [0.1, 0.15) is 50.3 Å². The number of hydrogen-bond acceptors (Lipinski definition) is 3. The van der Waals surface area contributed by atoms with Crippen LogP contribution in [-0.4, -0.2) is 36.5 Å². The Morgan fingerprint density at radius 1 is 1.48 bits per heavy atom. The van der Waals surface area contributed by atoms with Gasteiger partial charge in [0, 0.05) is 30.4 Å². The van der Waals surface area contributed by atoms with Crippen molar-refractivity contribution in [2.45, 2.75) is 57.9 Å². The molecular weight excluding hydrogens is 280 g/mol. The minimum absolute atomic E-state index is 0.334. The molecule has 1 fully saturated rings. The Balaban J connectivity index is 1.74. The highest BCUT2D eigenvalue weighted by molar-refractivity contribution is 7.09. The van der Waals surface area contributed by atoms with Gasteiger partial charge in [0.1, 0.15) is 0 Å². The number of aryl methyl sites for hydroxylation is 1. The van der Waals surface area contributed by atoms with Crippen molar-refractivity contribution in [1.29, 1.82) is 0 Å². The lowest BCUT2D eigenvalue weighted by atomic mass is 10.0. The molecule has 2 rings (SSSR count). The number of amides is 1. The largest absolute Gasteiger partial charge is 0.341 e. The maximum atomic E-state index is 12.4. The van der Waals surface area contributed by atoms with Gasteiger partial charge in [-0.3, -0.25) is 4.79 Å². The Kier molecular flexibility index (Phi) is 7.24. The molecule has 0 spiro atoms. The molecule has 0 bridgehead atoms. The van der Waals surface area contributed by atoms with E-state index in [0.717, 1.165) is 38.9 Å². The lowest BCUT2D eigenvalue weighted by Crippen LogP contribution is -2.46. The van der Waals surface area contributed by atoms with Crippen LogP contribution in [0.25, 0.3) is 0 Å². The number of carbonyl (C=O) groups excluding carboxylic acids is 1. The summed E-state index contributed by atoms with van der Waals surface area (Å²) >= 11 is 1.79. The third kappa shape index (κ3) is 5.79. The third-order valence-electron chi connectivity index (χ3n) is 4.09. The molecule has 1 atom stereocenters. The number of nitrogens with zero attached hydrogens (tertiary/aromatic N) is 1. The monoisotopic (exact) mass is 308 g/mol. The van der Waals surface area contributed by atoms with Crippen LogP contribution in [0.3, 0.4) is 0 Å². The minimum Gasteiger partial charge on any atom is -0.341 e. The van der Waals surface area contributed by atoms with Gasteiger partial charge in [0.15, 0.2) is 0 Å². The molecule has 2 heterocycles. The summed E-state index contributed by atoms with van der Waals surface area (Å²) in [6.45, 7) is 5.05. The van der Waals surface area contributed by atoms with E-state index < -0.39 is 0 Å². The molecule has 1 aromatic heterocycles. The van der Waals surface area contributed by atoms with E-state index in [1.165, 1.54) is 24.1 Å². The van der Waals surface area contributed by atoms with Gasteiger partial charge in [0.25, 0.3) is 0 Å². The third-order valence-corrected chi connectivity index (χ3v) is 5.03.